The summed E-state index contributed by atoms with van der Waals surface area (Å²) in [6.07, 6.45) is 5.33. The minimum atomic E-state index is -0.430. The molecule has 0 unspecified atom stereocenters. The van der Waals surface area contributed by atoms with Gasteiger partial charge in [-0.15, -0.1) is 0 Å². The number of methoxy groups -OCH3 is 2. The van der Waals surface area contributed by atoms with Crippen LogP contribution in [0.5, 0.6) is 11.5 Å². The van der Waals surface area contributed by atoms with Gasteiger partial charge in [0.1, 0.15) is 28.9 Å². The molecule has 1 saturated carbocycles. The molecule has 1 amide bonds. The van der Waals surface area contributed by atoms with Crippen LogP contribution < -0.4 is 20.1 Å². The van der Waals surface area contributed by atoms with Crippen LogP contribution in [0.4, 0.5) is 8.78 Å². The summed E-state index contributed by atoms with van der Waals surface area (Å²) >= 11 is 14.1. The third-order valence-electron chi connectivity index (χ3n) is 9.81. The molecule has 10 heteroatoms. The summed E-state index contributed by atoms with van der Waals surface area (Å²) < 4.78 is 42.4. The van der Waals surface area contributed by atoms with Crippen LogP contribution in [0.1, 0.15) is 56.1 Å². The Balaban J connectivity index is 1.24. The van der Waals surface area contributed by atoms with E-state index in [-0.39, 0.29) is 36.0 Å². The first-order valence-electron chi connectivity index (χ1n) is 17.0. The zero-order valence-electron chi connectivity index (χ0n) is 28.1. The zero-order chi connectivity index (χ0) is 35.4. The Hall–Kier alpha value is -3.98. The first-order chi connectivity index (χ1) is 24.2. The van der Waals surface area contributed by atoms with Crippen molar-refractivity contribution < 1.29 is 27.8 Å². The molecular weight excluding hydrogens is 681 g/mol. The van der Waals surface area contributed by atoms with Crippen molar-refractivity contribution in [1.82, 2.24) is 10.6 Å². The predicted octanol–water partition coefficient (Wildman–Crippen LogP) is 9.35. The second-order valence-electron chi connectivity index (χ2n) is 13.1. The second kappa shape index (κ2) is 15.9. The number of halogens is 4. The number of carbonyl (C=O) groups is 2. The third-order valence-corrected chi connectivity index (χ3v) is 10.6. The molecule has 1 aliphatic carbocycles. The molecule has 6 nitrogen and oxygen atoms in total. The van der Waals surface area contributed by atoms with Crippen LogP contribution in [0, 0.1) is 17.6 Å². The molecule has 4 aromatic rings. The Morgan fingerprint density at radius 2 is 1.38 bits per heavy atom. The van der Waals surface area contributed by atoms with Crippen molar-refractivity contribution in [3.8, 4) is 44.9 Å². The van der Waals surface area contributed by atoms with Gasteiger partial charge >= 0.3 is 0 Å². The maximum absolute atomic E-state index is 15.6. The molecule has 0 aromatic heterocycles. The van der Waals surface area contributed by atoms with E-state index in [1.54, 1.807) is 12.1 Å². The van der Waals surface area contributed by atoms with Gasteiger partial charge in [-0.25, -0.2) is 8.78 Å². The number of ketones is 1. The number of nitrogens with one attached hydrogen (secondary N) is 2. The van der Waals surface area contributed by atoms with Crippen LogP contribution in [-0.4, -0.2) is 38.5 Å². The largest absolute Gasteiger partial charge is 0.496 e. The Labute approximate surface area is 301 Å². The number of hydrogen-bond acceptors (Lipinski definition) is 5. The van der Waals surface area contributed by atoms with Crippen molar-refractivity contribution in [2.75, 3.05) is 20.8 Å². The molecule has 4 aromatic carbocycles. The van der Waals surface area contributed by atoms with Crippen molar-refractivity contribution in [3.63, 3.8) is 0 Å². The van der Waals surface area contributed by atoms with Crippen molar-refractivity contribution in [2.24, 2.45) is 5.92 Å². The number of amides is 1. The van der Waals surface area contributed by atoms with Crippen molar-refractivity contribution >= 4 is 34.9 Å². The lowest BCUT2D eigenvalue weighted by molar-refractivity contribution is -0.119. The molecule has 6 rings (SSSR count). The molecule has 2 aliphatic rings. The molecule has 1 aliphatic heterocycles. The number of benzene rings is 4. The van der Waals surface area contributed by atoms with Crippen LogP contribution in [-0.2, 0) is 22.6 Å². The normalized spacial score (nSPS) is 17.3. The van der Waals surface area contributed by atoms with Gasteiger partial charge in [-0.3, -0.25) is 9.59 Å². The fourth-order valence-electron chi connectivity index (χ4n) is 7.12. The van der Waals surface area contributed by atoms with E-state index < -0.39 is 5.82 Å². The lowest BCUT2D eigenvalue weighted by Gasteiger charge is -2.17. The molecule has 50 heavy (non-hydrogen) atoms. The SMILES string of the molecule is COc1cc(-c2cccc(-c3cccc(-c4cc(F)c(CNC[C@@H]5CCC(=O)C5)c(OC)c4)c3Cl)c2Cl)cc(F)c1CCC[C@@H]1CCC(=O)N1. The lowest BCUT2D eigenvalue weighted by atomic mass is 9.94. The van der Waals surface area contributed by atoms with Gasteiger partial charge in [-0.1, -0.05) is 59.6 Å². The van der Waals surface area contributed by atoms with Gasteiger partial charge in [0.25, 0.3) is 0 Å². The van der Waals surface area contributed by atoms with Crippen molar-refractivity contribution in [2.45, 2.75) is 64.0 Å². The van der Waals surface area contributed by atoms with Gasteiger partial charge < -0.3 is 20.1 Å². The van der Waals surface area contributed by atoms with E-state index in [1.807, 2.05) is 36.4 Å². The zero-order valence-corrected chi connectivity index (χ0v) is 29.7. The maximum Gasteiger partial charge on any atom is 0.220 e. The fourth-order valence-corrected chi connectivity index (χ4v) is 7.80. The highest BCUT2D eigenvalue weighted by Gasteiger charge is 2.24. The van der Waals surface area contributed by atoms with Crippen LogP contribution in [0.3, 0.4) is 0 Å². The molecule has 0 radical (unpaired) electrons. The first-order valence-corrected chi connectivity index (χ1v) is 17.7. The topological polar surface area (TPSA) is 76.7 Å². The Kier molecular flexibility index (Phi) is 11.4. The maximum atomic E-state index is 15.6. The van der Waals surface area contributed by atoms with E-state index >= 15 is 8.78 Å². The highest BCUT2D eigenvalue weighted by atomic mass is 35.5. The average molecular weight is 722 g/mol. The van der Waals surface area contributed by atoms with Gasteiger partial charge in [0, 0.05) is 65.2 Å². The Morgan fingerprint density at radius 3 is 1.92 bits per heavy atom. The number of ether oxygens (including phenoxy) is 2. The average Bonchev–Trinajstić information content (AvgIpc) is 3.72. The summed E-state index contributed by atoms with van der Waals surface area (Å²) in [7, 11) is 3.02. The van der Waals surface area contributed by atoms with Crippen molar-refractivity contribution in [3.05, 3.63) is 93.5 Å². The first kappa shape index (κ1) is 35.8. The third kappa shape index (κ3) is 7.83. The molecule has 262 valence electrons. The molecule has 1 saturated heterocycles. The van der Waals surface area contributed by atoms with Crippen molar-refractivity contribution in [1.29, 1.82) is 0 Å². The highest BCUT2D eigenvalue weighted by molar-refractivity contribution is 6.39. The van der Waals surface area contributed by atoms with Crippen LogP contribution >= 0.6 is 23.2 Å². The van der Waals surface area contributed by atoms with Gasteiger partial charge in [0.2, 0.25) is 5.91 Å². The minimum Gasteiger partial charge on any atom is -0.496 e. The quantitative estimate of drug-likeness (QED) is 0.144. The second-order valence-corrected chi connectivity index (χ2v) is 13.8. The molecule has 0 bridgehead atoms. The number of hydrogen-bond donors (Lipinski definition) is 2. The highest BCUT2D eigenvalue weighted by Crippen LogP contribution is 2.44. The summed E-state index contributed by atoms with van der Waals surface area (Å²) in [5, 5.41) is 7.00. The van der Waals surface area contributed by atoms with E-state index in [4.69, 9.17) is 32.7 Å². The van der Waals surface area contributed by atoms with Crippen LogP contribution in [0.15, 0.2) is 60.7 Å². The summed E-state index contributed by atoms with van der Waals surface area (Å²) in [5.41, 5.74) is 4.46. The van der Waals surface area contributed by atoms with Crippen LogP contribution in [0.2, 0.25) is 10.0 Å². The van der Waals surface area contributed by atoms with E-state index in [0.29, 0.717) is 105 Å². The van der Waals surface area contributed by atoms with Gasteiger partial charge in [0.15, 0.2) is 0 Å². The monoisotopic (exact) mass is 720 g/mol. The number of rotatable bonds is 13. The van der Waals surface area contributed by atoms with Gasteiger partial charge in [0.05, 0.1) is 24.3 Å². The standard InChI is InChI=1S/C40H40Cl2F2N2O4/c1-49-36-19-24(17-34(43)32(36)11-3-6-26-13-15-38(48)46-26)28-7-4-9-30(39(28)41)31-10-5-8-29(40(31)42)25-18-35(44)33(37(20-25)50-2)22-45-21-23-12-14-27(47)16-23/h4-5,7-10,17-20,23,26,45H,3,6,11-16,21-22H2,1-2H3,(H,46,48)/t23-,26-/m1/s1. The molecule has 2 atom stereocenters. The molecule has 1 heterocycles. The van der Waals surface area contributed by atoms with Crippen LogP contribution in [0.25, 0.3) is 33.4 Å². The fraction of sp³-hybridized carbons (Fsp3) is 0.350. The van der Waals surface area contributed by atoms with Gasteiger partial charge in [-0.05, 0) is 80.0 Å². The predicted molar refractivity (Wildman–Crippen MR) is 194 cm³/mol. The van der Waals surface area contributed by atoms with E-state index in [0.717, 1.165) is 19.3 Å². The number of carbonyl (C=O) groups excluding carboxylic acids is 2. The Morgan fingerprint density at radius 1 is 0.800 bits per heavy atom. The summed E-state index contributed by atoms with van der Waals surface area (Å²) in [6, 6.07) is 17.6. The number of Topliss-reactive ketones (excluding diaryl/α,β-unsaturated/α-hetero) is 1. The van der Waals surface area contributed by atoms with E-state index in [2.05, 4.69) is 10.6 Å². The molecule has 2 fully saturated rings. The smallest absolute Gasteiger partial charge is 0.220 e. The summed E-state index contributed by atoms with van der Waals surface area (Å²) in [4.78, 5) is 23.2. The van der Waals surface area contributed by atoms with E-state index in [9.17, 15) is 9.59 Å². The lowest BCUT2D eigenvalue weighted by Crippen LogP contribution is -2.25. The molecular formula is C40H40Cl2F2N2O4. The van der Waals surface area contributed by atoms with E-state index in [1.165, 1.54) is 26.4 Å². The molecule has 2 N–H and O–H groups in total. The Bertz CT molecular complexity index is 1780. The summed E-state index contributed by atoms with van der Waals surface area (Å²) in [5.74, 6) is 0.617. The summed E-state index contributed by atoms with van der Waals surface area (Å²) in [6.45, 7) is 0.901. The minimum absolute atomic E-state index is 0.0674. The molecule has 0 spiro atoms. The van der Waals surface area contributed by atoms with Gasteiger partial charge in [-0.2, -0.15) is 0 Å².